The van der Waals surface area contributed by atoms with Crippen LogP contribution in [0.25, 0.3) is 0 Å². The second-order valence-corrected chi connectivity index (χ2v) is 6.28. The van der Waals surface area contributed by atoms with Crippen molar-refractivity contribution in [3.63, 3.8) is 0 Å². The second kappa shape index (κ2) is 11.8. The number of nitrogens with zero attached hydrogens (tertiary/aromatic N) is 6. The Balaban J connectivity index is 2.52. The molecular weight excluding hydrogens is 397 g/mol. The number of nitrogens with one attached hydrogen (secondary N) is 1. The zero-order chi connectivity index (χ0) is 21.0. The van der Waals surface area contributed by atoms with Crippen LogP contribution in [0.3, 0.4) is 0 Å². The van der Waals surface area contributed by atoms with E-state index in [1.807, 2.05) is 0 Å². The van der Waals surface area contributed by atoms with Gasteiger partial charge in [-0.3, -0.25) is 0 Å². The zero-order valence-corrected chi connectivity index (χ0v) is 15.7. The smallest absolute Gasteiger partial charge is 0.370 e. The van der Waals surface area contributed by atoms with E-state index in [0.717, 1.165) is 0 Å². The Morgan fingerprint density at radius 2 is 2.11 bits per heavy atom. The SMILES string of the molecule is N#CN=C(N)N(CCN)CCCSc1nccc(NC(N)=NCC(F)(F)F)n1. The van der Waals surface area contributed by atoms with E-state index in [9.17, 15) is 13.2 Å². The lowest BCUT2D eigenvalue weighted by Crippen LogP contribution is -2.41. The first-order valence-corrected chi connectivity index (χ1v) is 9.00. The molecule has 0 bridgehead atoms. The molecule has 0 unspecified atom stereocenters. The summed E-state index contributed by atoms with van der Waals surface area (Å²) in [4.78, 5) is 16.6. The molecule has 0 aliphatic rings. The summed E-state index contributed by atoms with van der Waals surface area (Å²) in [5.41, 5.74) is 16.6. The molecule has 1 rings (SSSR count). The van der Waals surface area contributed by atoms with E-state index in [2.05, 4.69) is 25.3 Å². The van der Waals surface area contributed by atoms with Gasteiger partial charge in [-0.2, -0.15) is 18.4 Å². The molecule has 0 atom stereocenters. The summed E-state index contributed by atoms with van der Waals surface area (Å²) in [5, 5.41) is 11.5. The van der Waals surface area contributed by atoms with Gasteiger partial charge in [-0.1, -0.05) is 11.8 Å². The Morgan fingerprint density at radius 1 is 1.36 bits per heavy atom. The predicted octanol–water partition coefficient (Wildman–Crippen LogP) is 0.304. The van der Waals surface area contributed by atoms with Crippen molar-refractivity contribution in [2.45, 2.75) is 17.8 Å². The van der Waals surface area contributed by atoms with E-state index < -0.39 is 18.7 Å². The Bertz CT molecular complexity index is 716. The Labute approximate surface area is 164 Å². The average molecular weight is 418 g/mol. The second-order valence-electron chi connectivity index (χ2n) is 5.21. The minimum Gasteiger partial charge on any atom is -0.370 e. The fraction of sp³-hybridized carbons (Fsp3) is 0.500. The summed E-state index contributed by atoms with van der Waals surface area (Å²) in [6.45, 7) is -0.0106. The summed E-state index contributed by atoms with van der Waals surface area (Å²) in [6, 6.07) is 1.46. The number of guanidine groups is 2. The van der Waals surface area contributed by atoms with Crippen LogP contribution >= 0.6 is 11.8 Å². The predicted molar refractivity (Wildman–Crippen MR) is 101 cm³/mol. The molecule has 0 aromatic carbocycles. The van der Waals surface area contributed by atoms with Gasteiger partial charge >= 0.3 is 6.18 Å². The third-order valence-corrected chi connectivity index (χ3v) is 3.96. The molecule has 1 aromatic rings. The van der Waals surface area contributed by atoms with Crippen LogP contribution in [-0.4, -0.2) is 64.9 Å². The highest BCUT2D eigenvalue weighted by Crippen LogP contribution is 2.16. The molecule has 0 spiro atoms. The Kier molecular flexibility index (Phi) is 9.82. The number of thioether (sulfide) groups is 1. The van der Waals surface area contributed by atoms with Gasteiger partial charge in [0.05, 0.1) is 0 Å². The van der Waals surface area contributed by atoms with Crippen LogP contribution in [0.4, 0.5) is 19.0 Å². The molecule has 0 amide bonds. The molecule has 154 valence electrons. The van der Waals surface area contributed by atoms with Gasteiger partial charge < -0.3 is 27.4 Å². The number of nitriles is 1. The van der Waals surface area contributed by atoms with E-state index in [0.29, 0.717) is 37.0 Å². The van der Waals surface area contributed by atoms with Gasteiger partial charge in [-0.25, -0.2) is 15.0 Å². The number of hydrogen-bond acceptors (Lipinski definition) is 7. The lowest BCUT2D eigenvalue weighted by molar-refractivity contribution is -0.118. The molecule has 10 nitrogen and oxygen atoms in total. The molecule has 0 saturated heterocycles. The first-order chi connectivity index (χ1) is 13.2. The fourth-order valence-corrected chi connectivity index (χ4v) is 2.62. The largest absolute Gasteiger partial charge is 0.408 e. The number of aromatic nitrogens is 2. The monoisotopic (exact) mass is 418 g/mol. The van der Waals surface area contributed by atoms with Gasteiger partial charge in [-0.05, 0) is 12.5 Å². The van der Waals surface area contributed by atoms with E-state index in [1.165, 1.54) is 24.0 Å². The van der Waals surface area contributed by atoms with Crippen LogP contribution in [0.15, 0.2) is 27.4 Å². The van der Waals surface area contributed by atoms with Gasteiger partial charge in [0.25, 0.3) is 0 Å². The van der Waals surface area contributed by atoms with Crippen LogP contribution < -0.4 is 22.5 Å². The van der Waals surface area contributed by atoms with Crippen LogP contribution in [0.2, 0.25) is 0 Å². The van der Waals surface area contributed by atoms with Crippen molar-refractivity contribution in [1.29, 1.82) is 5.26 Å². The highest BCUT2D eigenvalue weighted by molar-refractivity contribution is 7.99. The fourth-order valence-electron chi connectivity index (χ4n) is 1.86. The summed E-state index contributed by atoms with van der Waals surface area (Å²) >= 11 is 1.34. The van der Waals surface area contributed by atoms with Gasteiger partial charge in [0, 0.05) is 31.6 Å². The van der Waals surface area contributed by atoms with Crippen molar-refractivity contribution in [3.8, 4) is 6.19 Å². The van der Waals surface area contributed by atoms with Gasteiger partial charge in [0.1, 0.15) is 12.4 Å². The standard InChI is InChI=1S/C14H21F3N10S/c15-14(16,17)8-23-11(20)25-10-2-4-22-13(26-10)28-7-1-5-27(6-3-18)12(21)24-9-19/h2,4H,1,3,5-8,18H2,(H2,21,24)(H3,20,22,23,25,26). The number of alkyl halides is 3. The summed E-state index contributed by atoms with van der Waals surface area (Å²) in [7, 11) is 0. The molecule has 0 aliphatic carbocycles. The maximum Gasteiger partial charge on any atom is 0.408 e. The first kappa shape index (κ1) is 23.2. The molecule has 14 heteroatoms. The molecular formula is C14H21F3N10S. The van der Waals surface area contributed by atoms with E-state index in [1.54, 1.807) is 11.1 Å². The van der Waals surface area contributed by atoms with Gasteiger partial charge in [0.2, 0.25) is 12.2 Å². The maximum atomic E-state index is 12.1. The molecule has 28 heavy (non-hydrogen) atoms. The van der Waals surface area contributed by atoms with E-state index >= 15 is 0 Å². The highest BCUT2D eigenvalue weighted by Gasteiger charge is 2.26. The van der Waals surface area contributed by atoms with Crippen molar-refractivity contribution in [2.24, 2.45) is 27.2 Å². The number of halogens is 3. The van der Waals surface area contributed by atoms with Crippen LogP contribution in [-0.2, 0) is 0 Å². The van der Waals surface area contributed by atoms with Crippen molar-refractivity contribution in [1.82, 2.24) is 14.9 Å². The quantitative estimate of drug-likeness (QED) is 0.110. The minimum absolute atomic E-state index is 0.106. The topological polar surface area (TPSA) is 168 Å². The van der Waals surface area contributed by atoms with E-state index in [-0.39, 0.29) is 11.8 Å². The average Bonchev–Trinajstić information content (AvgIpc) is 2.62. The van der Waals surface area contributed by atoms with Crippen LogP contribution in [0.5, 0.6) is 0 Å². The maximum absolute atomic E-state index is 12.1. The number of aliphatic imine (C=N–C) groups is 2. The summed E-state index contributed by atoms with van der Waals surface area (Å²) in [5.74, 6) is 0.573. The Hall–Kier alpha value is -2.79. The number of anilines is 1. The Morgan fingerprint density at radius 3 is 2.75 bits per heavy atom. The van der Waals surface area contributed by atoms with Crippen LogP contribution in [0.1, 0.15) is 6.42 Å². The lowest BCUT2D eigenvalue weighted by atomic mass is 10.4. The van der Waals surface area contributed by atoms with Crippen molar-refractivity contribution in [3.05, 3.63) is 12.3 Å². The summed E-state index contributed by atoms with van der Waals surface area (Å²) < 4.78 is 36.4. The molecule has 1 aromatic heterocycles. The molecule has 7 N–H and O–H groups in total. The third-order valence-electron chi connectivity index (χ3n) is 3.01. The summed E-state index contributed by atoms with van der Waals surface area (Å²) in [6.07, 6.45) is -0.670. The molecule has 0 saturated carbocycles. The number of nitrogens with two attached hydrogens (primary N) is 3. The van der Waals surface area contributed by atoms with Gasteiger partial charge in [-0.15, -0.1) is 4.99 Å². The minimum atomic E-state index is -4.43. The lowest BCUT2D eigenvalue weighted by Gasteiger charge is -2.21. The molecule has 0 aliphatic heterocycles. The molecule has 0 fully saturated rings. The van der Waals surface area contributed by atoms with Crippen molar-refractivity contribution < 1.29 is 13.2 Å². The van der Waals surface area contributed by atoms with Crippen molar-refractivity contribution >= 4 is 29.5 Å². The molecule has 1 heterocycles. The van der Waals surface area contributed by atoms with E-state index in [4.69, 9.17) is 22.5 Å². The highest BCUT2D eigenvalue weighted by atomic mass is 32.2. The third kappa shape index (κ3) is 9.78. The zero-order valence-electron chi connectivity index (χ0n) is 14.9. The van der Waals surface area contributed by atoms with Gasteiger partial charge in [0.15, 0.2) is 11.1 Å². The normalized spacial score (nSPS) is 12.5. The molecule has 0 radical (unpaired) electrons. The first-order valence-electron chi connectivity index (χ1n) is 8.02. The van der Waals surface area contributed by atoms with Crippen LogP contribution in [0, 0.1) is 11.5 Å². The number of hydrogen-bond donors (Lipinski definition) is 4. The number of rotatable bonds is 9. The van der Waals surface area contributed by atoms with Crippen molar-refractivity contribution in [2.75, 3.05) is 37.2 Å².